The first-order chi connectivity index (χ1) is 8.30. The van der Waals surface area contributed by atoms with Gasteiger partial charge in [0.2, 0.25) is 9.84 Å². The van der Waals surface area contributed by atoms with Crippen molar-refractivity contribution in [1.82, 2.24) is 0 Å². The molecule has 1 aromatic rings. The minimum Gasteiger partial charge on any atom is -0.218 e. The van der Waals surface area contributed by atoms with Gasteiger partial charge in [-0.15, -0.1) is 0 Å². The molecule has 1 aromatic carbocycles. The van der Waals surface area contributed by atoms with Gasteiger partial charge in [-0.2, -0.15) is 8.78 Å². The molecule has 0 aliphatic carbocycles. The zero-order chi connectivity index (χ0) is 13.9. The molecule has 2 nitrogen and oxygen atoms in total. The number of hydrogen-bond donors (Lipinski definition) is 0. The Balaban J connectivity index is 3.01. The Labute approximate surface area is 114 Å². The van der Waals surface area contributed by atoms with Crippen LogP contribution in [0.5, 0.6) is 0 Å². The standard InChI is InChI=1S/C12H15BrF2O2S/c1-3-11(13)8(2)9-4-6-10(7-5-9)18(16,17)12(14)15/h4-8,11-12H,3H2,1-2H3. The second-order valence-corrected chi connectivity index (χ2v) is 7.18. The van der Waals surface area contributed by atoms with Crippen LogP contribution in [-0.4, -0.2) is 19.0 Å². The van der Waals surface area contributed by atoms with E-state index in [1.165, 1.54) is 12.1 Å². The summed E-state index contributed by atoms with van der Waals surface area (Å²) in [7, 11) is -4.49. The van der Waals surface area contributed by atoms with E-state index in [1.54, 1.807) is 12.1 Å². The van der Waals surface area contributed by atoms with Crippen LogP contribution in [0.2, 0.25) is 0 Å². The summed E-state index contributed by atoms with van der Waals surface area (Å²) in [4.78, 5) is -0.0638. The van der Waals surface area contributed by atoms with Crippen LogP contribution in [0.3, 0.4) is 0 Å². The van der Waals surface area contributed by atoms with Crippen LogP contribution in [0.15, 0.2) is 29.2 Å². The Hall–Kier alpha value is -0.490. The molecular weight excluding hydrogens is 326 g/mol. The van der Waals surface area contributed by atoms with Crippen molar-refractivity contribution in [2.75, 3.05) is 0 Å². The van der Waals surface area contributed by atoms with Gasteiger partial charge in [0.1, 0.15) is 0 Å². The van der Waals surface area contributed by atoms with Crippen molar-refractivity contribution in [3.8, 4) is 0 Å². The molecule has 0 saturated carbocycles. The number of halogens is 3. The average Bonchev–Trinajstić information content (AvgIpc) is 2.36. The molecule has 0 saturated heterocycles. The molecule has 0 bridgehead atoms. The molecule has 102 valence electrons. The third-order valence-corrected chi connectivity index (χ3v) is 5.74. The van der Waals surface area contributed by atoms with Gasteiger partial charge in [0.15, 0.2) is 0 Å². The van der Waals surface area contributed by atoms with Gasteiger partial charge in [0.25, 0.3) is 0 Å². The van der Waals surface area contributed by atoms with E-state index < -0.39 is 15.6 Å². The highest BCUT2D eigenvalue weighted by Gasteiger charge is 2.26. The molecule has 0 heterocycles. The Kier molecular flexibility index (Phi) is 5.28. The zero-order valence-electron chi connectivity index (χ0n) is 10.1. The fourth-order valence-corrected chi connectivity index (χ4v) is 2.65. The monoisotopic (exact) mass is 340 g/mol. The maximum Gasteiger partial charge on any atom is 0.341 e. The van der Waals surface area contributed by atoms with Crippen molar-refractivity contribution >= 4 is 25.8 Å². The summed E-state index contributed by atoms with van der Waals surface area (Å²) in [6, 6.07) is 5.65. The maximum atomic E-state index is 12.3. The molecule has 0 N–H and O–H groups in total. The molecule has 0 amide bonds. The molecule has 18 heavy (non-hydrogen) atoms. The van der Waals surface area contributed by atoms with Gasteiger partial charge < -0.3 is 0 Å². The Morgan fingerprint density at radius 3 is 2.11 bits per heavy atom. The lowest BCUT2D eigenvalue weighted by Gasteiger charge is -2.17. The highest BCUT2D eigenvalue weighted by atomic mass is 79.9. The lowest BCUT2D eigenvalue weighted by atomic mass is 9.97. The summed E-state index contributed by atoms with van der Waals surface area (Å²) in [5.41, 5.74) is 0.923. The van der Waals surface area contributed by atoms with Gasteiger partial charge in [-0.25, -0.2) is 8.42 Å². The van der Waals surface area contributed by atoms with E-state index >= 15 is 0 Å². The van der Waals surface area contributed by atoms with E-state index in [9.17, 15) is 17.2 Å². The van der Waals surface area contributed by atoms with Gasteiger partial charge in [-0.05, 0) is 30.0 Å². The number of rotatable bonds is 5. The fourth-order valence-electron chi connectivity index (χ4n) is 1.63. The summed E-state index contributed by atoms with van der Waals surface area (Å²) < 4.78 is 47.2. The Morgan fingerprint density at radius 2 is 1.72 bits per heavy atom. The molecule has 0 aromatic heterocycles. The second-order valence-electron chi connectivity index (χ2n) is 4.09. The van der Waals surface area contributed by atoms with Crippen LogP contribution in [0.1, 0.15) is 31.7 Å². The maximum absolute atomic E-state index is 12.3. The third-order valence-electron chi connectivity index (χ3n) is 2.90. The van der Waals surface area contributed by atoms with Gasteiger partial charge in [0.05, 0.1) is 4.90 Å². The van der Waals surface area contributed by atoms with Crippen molar-refractivity contribution in [2.24, 2.45) is 0 Å². The molecule has 0 spiro atoms. The van der Waals surface area contributed by atoms with Crippen LogP contribution in [0, 0.1) is 0 Å². The topological polar surface area (TPSA) is 34.1 Å². The first-order valence-corrected chi connectivity index (χ1v) is 8.03. The van der Waals surface area contributed by atoms with Crippen molar-refractivity contribution in [3.05, 3.63) is 29.8 Å². The van der Waals surface area contributed by atoms with Gasteiger partial charge in [-0.3, -0.25) is 0 Å². The number of hydrogen-bond acceptors (Lipinski definition) is 2. The van der Waals surface area contributed by atoms with Crippen LogP contribution >= 0.6 is 15.9 Å². The normalized spacial score (nSPS) is 15.7. The minimum atomic E-state index is -4.49. The van der Waals surface area contributed by atoms with Crippen molar-refractivity contribution in [3.63, 3.8) is 0 Å². The summed E-state index contributed by atoms with van der Waals surface area (Å²) in [6.07, 6.45) is 0.929. The number of sulfone groups is 1. The quantitative estimate of drug-likeness (QED) is 0.760. The molecule has 0 radical (unpaired) electrons. The fraction of sp³-hybridized carbons (Fsp3) is 0.500. The van der Waals surface area contributed by atoms with E-state index in [1.807, 2.05) is 13.8 Å². The van der Waals surface area contributed by atoms with Crippen molar-refractivity contribution < 1.29 is 17.2 Å². The van der Waals surface area contributed by atoms with Crippen LogP contribution in [0.4, 0.5) is 8.78 Å². The van der Waals surface area contributed by atoms with Crippen LogP contribution < -0.4 is 0 Å². The summed E-state index contributed by atoms with van der Waals surface area (Å²) >= 11 is 3.52. The largest absolute Gasteiger partial charge is 0.341 e. The molecule has 0 aliphatic rings. The first-order valence-electron chi connectivity index (χ1n) is 5.56. The minimum absolute atomic E-state index is 0.193. The van der Waals surface area contributed by atoms with E-state index in [-0.39, 0.29) is 15.6 Å². The summed E-state index contributed by atoms with van der Waals surface area (Å²) in [5.74, 6) is -3.18. The molecule has 6 heteroatoms. The van der Waals surface area contributed by atoms with Crippen molar-refractivity contribution in [1.29, 1.82) is 0 Å². The van der Waals surface area contributed by atoms with Crippen LogP contribution in [0.25, 0.3) is 0 Å². The third kappa shape index (κ3) is 3.29. The molecule has 0 fully saturated rings. The van der Waals surface area contributed by atoms with E-state index in [0.717, 1.165) is 12.0 Å². The van der Waals surface area contributed by atoms with E-state index in [4.69, 9.17) is 0 Å². The lowest BCUT2D eigenvalue weighted by Crippen LogP contribution is -2.12. The predicted octanol–water partition coefficient (Wildman–Crippen LogP) is 3.96. The second kappa shape index (κ2) is 6.10. The Morgan fingerprint density at radius 1 is 1.22 bits per heavy atom. The number of benzene rings is 1. The van der Waals surface area contributed by atoms with Gasteiger partial charge in [-0.1, -0.05) is 41.9 Å². The molecule has 2 unspecified atom stereocenters. The van der Waals surface area contributed by atoms with E-state index in [2.05, 4.69) is 15.9 Å². The Bertz CT molecular complexity index is 485. The molecule has 1 rings (SSSR count). The van der Waals surface area contributed by atoms with Gasteiger partial charge in [0, 0.05) is 4.83 Å². The van der Waals surface area contributed by atoms with Crippen molar-refractivity contribution in [2.45, 2.75) is 41.7 Å². The highest BCUT2D eigenvalue weighted by Crippen LogP contribution is 2.28. The zero-order valence-corrected chi connectivity index (χ0v) is 12.5. The summed E-state index contributed by atoms with van der Waals surface area (Å²) in [6.45, 7) is 4.03. The predicted molar refractivity (Wildman–Crippen MR) is 71.1 cm³/mol. The number of alkyl halides is 3. The smallest absolute Gasteiger partial charge is 0.218 e. The average molecular weight is 341 g/mol. The highest BCUT2D eigenvalue weighted by molar-refractivity contribution is 9.09. The van der Waals surface area contributed by atoms with Crippen LogP contribution in [-0.2, 0) is 9.84 Å². The van der Waals surface area contributed by atoms with E-state index in [0.29, 0.717) is 0 Å². The van der Waals surface area contributed by atoms with Gasteiger partial charge >= 0.3 is 5.76 Å². The SMILES string of the molecule is CCC(Br)C(C)c1ccc(S(=O)(=O)C(F)F)cc1. The lowest BCUT2D eigenvalue weighted by molar-refractivity contribution is 0.234. The molecule has 2 atom stereocenters. The molecule has 0 aliphatic heterocycles. The first kappa shape index (κ1) is 15.6. The summed E-state index contributed by atoms with van der Waals surface area (Å²) in [5, 5.41) is 0. The molecular formula is C12H15BrF2O2S.